The fraction of sp³-hybridized carbons (Fsp3) is 0.238. The molecule has 0 aliphatic heterocycles. The first-order chi connectivity index (χ1) is 13.3. The number of fused-ring (bicyclic) bond motifs is 6. The van der Waals surface area contributed by atoms with Crippen molar-refractivity contribution in [2.24, 2.45) is 0 Å². The van der Waals surface area contributed by atoms with E-state index < -0.39 is 12.1 Å². The molecule has 2 atom stereocenters. The van der Waals surface area contributed by atoms with Gasteiger partial charge in [-0.2, -0.15) is 0 Å². The monoisotopic (exact) mass is 418 g/mol. The SMILES string of the molecule is C=C(C)C(=O)Oc1c2c(c(OC(=O)OC)c3cc(Cl)ccc13)C1C=C(Cl)C2C1. The van der Waals surface area contributed by atoms with E-state index in [9.17, 15) is 9.59 Å². The van der Waals surface area contributed by atoms with Gasteiger partial charge in [-0.3, -0.25) is 0 Å². The van der Waals surface area contributed by atoms with Crippen molar-refractivity contribution in [2.45, 2.75) is 25.2 Å². The number of hydrogen-bond acceptors (Lipinski definition) is 5. The molecule has 2 aliphatic carbocycles. The topological polar surface area (TPSA) is 61.8 Å². The van der Waals surface area contributed by atoms with Crippen molar-refractivity contribution in [1.29, 1.82) is 0 Å². The summed E-state index contributed by atoms with van der Waals surface area (Å²) < 4.78 is 15.9. The number of ether oxygens (including phenoxy) is 3. The maximum atomic E-state index is 12.3. The summed E-state index contributed by atoms with van der Waals surface area (Å²) in [6.45, 7) is 5.23. The zero-order valence-corrected chi connectivity index (χ0v) is 16.7. The second-order valence-corrected chi connectivity index (χ2v) is 7.72. The smallest absolute Gasteiger partial charge is 0.437 e. The Morgan fingerprint density at radius 2 is 1.82 bits per heavy atom. The predicted octanol–water partition coefficient (Wildman–Crippen LogP) is 5.83. The molecule has 0 saturated carbocycles. The summed E-state index contributed by atoms with van der Waals surface area (Å²) in [6, 6.07) is 5.08. The van der Waals surface area contributed by atoms with Gasteiger partial charge in [0.2, 0.25) is 0 Å². The zero-order chi connectivity index (χ0) is 20.2. The van der Waals surface area contributed by atoms with Gasteiger partial charge in [-0.05, 0) is 31.5 Å². The van der Waals surface area contributed by atoms with Crippen LogP contribution in [0.2, 0.25) is 5.02 Å². The average Bonchev–Trinajstić information content (AvgIpc) is 3.21. The third-order valence-corrected chi connectivity index (χ3v) is 5.67. The maximum absolute atomic E-state index is 12.3. The molecule has 0 amide bonds. The van der Waals surface area contributed by atoms with Gasteiger partial charge >= 0.3 is 12.1 Å². The Bertz CT molecular complexity index is 1090. The zero-order valence-electron chi connectivity index (χ0n) is 15.2. The molecule has 2 bridgehead atoms. The quantitative estimate of drug-likeness (QED) is 0.271. The average molecular weight is 419 g/mol. The molecule has 28 heavy (non-hydrogen) atoms. The van der Waals surface area contributed by atoms with E-state index in [1.54, 1.807) is 25.1 Å². The van der Waals surface area contributed by atoms with Crippen LogP contribution in [-0.2, 0) is 9.53 Å². The van der Waals surface area contributed by atoms with E-state index in [1.165, 1.54) is 7.11 Å². The molecular formula is C21H16Cl2O5. The Balaban J connectivity index is 2.05. The molecule has 5 nitrogen and oxygen atoms in total. The van der Waals surface area contributed by atoms with Crippen LogP contribution in [0.3, 0.4) is 0 Å². The predicted molar refractivity (Wildman–Crippen MR) is 106 cm³/mol. The number of esters is 1. The highest BCUT2D eigenvalue weighted by Gasteiger charge is 2.44. The van der Waals surface area contributed by atoms with Crippen LogP contribution in [0.15, 0.2) is 41.5 Å². The Hall–Kier alpha value is -2.50. The summed E-state index contributed by atoms with van der Waals surface area (Å²) >= 11 is 12.6. The molecule has 144 valence electrons. The van der Waals surface area contributed by atoms with Gasteiger partial charge in [0.1, 0.15) is 11.5 Å². The van der Waals surface area contributed by atoms with Crippen molar-refractivity contribution in [2.75, 3.05) is 7.11 Å². The number of halogens is 2. The highest BCUT2D eigenvalue weighted by Crippen LogP contribution is 2.61. The normalized spacial score (nSPS) is 19.2. The van der Waals surface area contributed by atoms with Gasteiger partial charge in [0.15, 0.2) is 0 Å². The molecule has 4 rings (SSSR count). The maximum Gasteiger partial charge on any atom is 0.513 e. The van der Waals surface area contributed by atoms with Crippen LogP contribution in [-0.4, -0.2) is 19.2 Å². The highest BCUT2D eigenvalue weighted by molar-refractivity contribution is 6.32. The molecule has 2 unspecified atom stereocenters. The summed E-state index contributed by atoms with van der Waals surface area (Å²) in [6.07, 6.45) is 1.81. The van der Waals surface area contributed by atoms with Gasteiger partial charge in [0.25, 0.3) is 0 Å². The minimum atomic E-state index is -0.840. The summed E-state index contributed by atoms with van der Waals surface area (Å²) in [5.41, 5.74) is 1.79. The van der Waals surface area contributed by atoms with Gasteiger partial charge < -0.3 is 14.2 Å². The van der Waals surface area contributed by atoms with E-state index in [0.717, 1.165) is 11.1 Å². The van der Waals surface area contributed by atoms with E-state index in [-0.39, 0.29) is 17.4 Å². The van der Waals surface area contributed by atoms with Gasteiger partial charge in [-0.15, -0.1) is 0 Å². The standard InChI is InChI=1S/C21H16Cl2O5/c1-9(2)20(24)27-18-12-5-4-11(22)8-13(12)19(28-21(25)26-3)16-10-6-14(17(16)18)15(23)7-10/h4-5,7-8,10,14H,1,6H2,2-3H3. The third-order valence-electron chi connectivity index (χ3n) is 5.05. The van der Waals surface area contributed by atoms with Crippen molar-refractivity contribution in [3.8, 4) is 11.5 Å². The van der Waals surface area contributed by atoms with E-state index in [4.69, 9.17) is 32.7 Å². The number of carbonyl (C=O) groups is 2. The number of hydrogen-bond donors (Lipinski definition) is 0. The fourth-order valence-corrected chi connectivity index (χ4v) is 4.40. The Kier molecular flexibility index (Phi) is 4.60. The van der Waals surface area contributed by atoms with Crippen LogP contribution in [0.25, 0.3) is 10.8 Å². The first kappa shape index (κ1) is 18.8. The number of carbonyl (C=O) groups excluding carboxylic acids is 2. The lowest BCUT2D eigenvalue weighted by Gasteiger charge is -2.23. The summed E-state index contributed by atoms with van der Waals surface area (Å²) in [7, 11) is 1.24. The number of methoxy groups -OCH3 is 1. The highest BCUT2D eigenvalue weighted by atomic mass is 35.5. The van der Waals surface area contributed by atoms with Crippen molar-refractivity contribution >= 4 is 46.1 Å². The molecule has 7 heteroatoms. The lowest BCUT2D eigenvalue weighted by atomic mass is 9.90. The Morgan fingerprint density at radius 3 is 2.50 bits per heavy atom. The van der Waals surface area contributed by atoms with E-state index in [1.807, 2.05) is 6.08 Å². The number of allylic oxidation sites excluding steroid dienone is 2. The minimum absolute atomic E-state index is 0.0576. The van der Waals surface area contributed by atoms with E-state index >= 15 is 0 Å². The summed E-state index contributed by atoms with van der Waals surface area (Å²) in [5, 5.41) is 2.28. The van der Waals surface area contributed by atoms with E-state index in [0.29, 0.717) is 38.7 Å². The van der Waals surface area contributed by atoms with Gasteiger partial charge in [0.05, 0.1) is 7.11 Å². The van der Waals surface area contributed by atoms with Gasteiger partial charge in [-0.25, -0.2) is 9.59 Å². The summed E-state index contributed by atoms with van der Waals surface area (Å²) in [5.74, 6) is 0.0171. The van der Waals surface area contributed by atoms with Crippen molar-refractivity contribution in [3.05, 3.63) is 57.6 Å². The molecule has 0 N–H and O–H groups in total. The summed E-state index contributed by atoms with van der Waals surface area (Å²) in [4.78, 5) is 24.2. The molecule has 0 saturated heterocycles. The van der Waals surface area contributed by atoms with Crippen molar-refractivity contribution < 1.29 is 23.8 Å². The first-order valence-corrected chi connectivity index (χ1v) is 9.37. The number of benzene rings is 2. The fourth-order valence-electron chi connectivity index (χ4n) is 3.88. The lowest BCUT2D eigenvalue weighted by molar-refractivity contribution is -0.130. The molecule has 0 aromatic heterocycles. The molecule has 0 spiro atoms. The van der Waals surface area contributed by atoms with Gasteiger partial charge in [0, 0.05) is 49.4 Å². The second-order valence-electron chi connectivity index (χ2n) is 6.85. The molecule has 0 radical (unpaired) electrons. The van der Waals surface area contributed by atoms with Crippen molar-refractivity contribution in [3.63, 3.8) is 0 Å². The van der Waals surface area contributed by atoms with Crippen LogP contribution < -0.4 is 9.47 Å². The van der Waals surface area contributed by atoms with Crippen LogP contribution in [0.4, 0.5) is 4.79 Å². The minimum Gasteiger partial charge on any atom is -0.437 e. The molecule has 2 aliphatic rings. The molecule has 0 heterocycles. The number of rotatable bonds is 3. The lowest BCUT2D eigenvalue weighted by Crippen LogP contribution is -2.14. The molecule has 2 aromatic carbocycles. The molecule has 2 aromatic rings. The van der Waals surface area contributed by atoms with E-state index in [2.05, 4.69) is 11.3 Å². The Labute approximate surface area is 171 Å². The first-order valence-electron chi connectivity index (χ1n) is 8.61. The largest absolute Gasteiger partial charge is 0.513 e. The van der Waals surface area contributed by atoms with Crippen LogP contribution in [0.5, 0.6) is 11.5 Å². The second kappa shape index (κ2) is 6.83. The van der Waals surface area contributed by atoms with Crippen molar-refractivity contribution in [1.82, 2.24) is 0 Å². The van der Waals surface area contributed by atoms with Crippen LogP contribution >= 0.6 is 23.2 Å². The third kappa shape index (κ3) is 2.86. The van der Waals surface area contributed by atoms with Gasteiger partial charge in [-0.1, -0.05) is 35.9 Å². The molecule has 0 fully saturated rings. The Morgan fingerprint density at radius 1 is 1.11 bits per heavy atom. The van der Waals surface area contributed by atoms with Crippen LogP contribution in [0.1, 0.15) is 36.3 Å². The molecular weight excluding hydrogens is 403 g/mol. The van der Waals surface area contributed by atoms with Crippen LogP contribution in [0, 0.1) is 0 Å².